The topological polar surface area (TPSA) is 36.7 Å². The van der Waals surface area contributed by atoms with Gasteiger partial charge in [-0.15, -0.1) is 0 Å². The molecule has 4 nitrogen and oxygen atoms in total. The first-order valence-corrected chi connectivity index (χ1v) is 7.31. The third kappa shape index (κ3) is 1.91. The maximum atomic E-state index is 11.9. The number of rotatable bonds is 2. The number of carbonyl (C=O) groups is 1. The fourth-order valence-electron chi connectivity index (χ4n) is 3.48. The third-order valence-corrected chi connectivity index (χ3v) is 4.48. The van der Waals surface area contributed by atoms with Gasteiger partial charge in [0.15, 0.2) is 0 Å². The summed E-state index contributed by atoms with van der Waals surface area (Å²) in [5, 5.41) is 1.15. The molecule has 2 aliphatic rings. The largest absolute Gasteiger partial charge is 0.464 e. The molecule has 0 aliphatic carbocycles. The molecule has 0 spiro atoms. The molecule has 1 amide bonds. The van der Waals surface area contributed by atoms with Crippen LogP contribution in [0.5, 0.6) is 0 Å². The molecule has 1 atom stereocenters. The van der Waals surface area contributed by atoms with Crippen molar-refractivity contribution in [3.05, 3.63) is 36.1 Å². The summed E-state index contributed by atoms with van der Waals surface area (Å²) in [6, 6.07) is 8.35. The minimum Gasteiger partial charge on any atom is -0.464 e. The third-order valence-electron chi connectivity index (χ3n) is 4.48. The van der Waals surface area contributed by atoms with Crippen LogP contribution in [0.1, 0.15) is 24.8 Å². The number of furan rings is 1. The first-order chi connectivity index (χ1) is 9.81. The number of nitrogens with zero attached hydrogens (tertiary/aromatic N) is 2. The molecule has 0 bridgehead atoms. The summed E-state index contributed by atoms with van der Waals surface area (Å²) in [7, 11) is 0. The van der Waals surface area contributed by atoms with Gasteiger partial charge < -0.3 is 9.32 Å². The van der Waals surface area contributed by atoms with E-state index >= 15 is 0 Å². The fraction of sp³-hybridized carbons (Fsp3) is 0.438. The summed E-state index contributed by atoms with van der Waals surface area (Å²) < 4.78 is 5.38. The first kappa shape index (κ1) is 12.0. The van der Waals surface area contributed by atoms with Crippen molar-refractivity contribution in [3.63, 3.8) is 0 Å². The van der Waals surface area contributed by atoms with Gasteiger partial charge in [0.25, 0.3) is 0 Å². The summed E-state index contributed by atoms with van der Waals surface area (Å²) in [5.41, 5.74) is 2.23. The molecule has 104 valence electrons. The normalized spacial score (nSPS) is 23.5. The highest BCUT2D eigenvalue weighted by atomic mass is 16.3. The lowest BCUT2D eigenvalue weighted by Gasteiger charge is -2.39. The van der Waals surface area contributed by atoms with Gasteiger partial charge >= 0.3 is 0 Å². The SMILES string of the molecule is O=C1CCN(Cc2ccc3occc3c2)C2CCCN12. The molecule has 0 N–H and O–H groups in total. The maximum absolute atomic E-state index is 11.9. The van der Waals surface area contributed by atoms with Crippen LogP contribution in [0.25, 0.3) is 11.0 Å². The molecule has 2 saturated heterocycles. The van der Waals surface area contributed by atoms with Crippen LogP contribution in [-0.2, 0) is 11.3 Å². The number of fused-ring (bicyclic) bond motifs is 2. The van der Waals surface area contributed by atoms with Crippen molar-refractivity contribution in [1.82, 2.24) is 9.80 Å². The van der Waals surface area contributed by atoms with Crippen molar-refractivity contribution in [2.45, 2.75) is 32.0 Å². The van der Waals surface area contributed by atoms with E-state index in [0.717, 1.165) is 43.4 Å². The lowest BCUT2D eigenvalue weighted by Crippen LogP contribution is -2.52. The van der Waals surface area contributed by atoms with Crippen LogP contribution in [-0.4, -0.2) is 35.0 Å². The van der Waals surface area contributed by atoms with Gasteiger partial charge in [-0.3, -0.25) is 9.69 Å². The van der Waals surface area contributed by atoms with Gasteiger partial charge in [0.2, 0.25) is 5.91 Å². The van der Waals surface area contributed by atoms with Gasteiger partial charge in [-0.2, -0.15) is 0 Å². The Kier molecular flexibility index (Phi) is 2.77. The van der Waals surface area contributed by atoms with Crippen molar-refractivity contribution in [1.29, 1.82) is 0 Å². The van der Waals surface area contributed by atoms with Crippen LogP contribution in [0.3, 0.4) is 0 Å². The molecule has 3 heterocycles. The second kappa shape index (κ2) is 4.63. The van der Waals surface area contributed by atoms with E-state index in [2.05, 4.69) is 21.9 Å². The molecule has 4 heteroatoms. The lowest BCUT2D eigenvalue weighted by atomic mass is 10.1. The predicted octanol–water partition coefficient (Wildman–Crippen LogP) is 2.59. The Hall–Kier alpha value is -1.81. The number of benzene rings is 1. The van der Waals surface area contributed by atoms with Crippen LogP contribution in [0.15, 0.2) is 34.9 Å². The smallest absolute Gasteiger partial charge is 0.225 e. The number of carbonyl (C=O) groups excluding carboxylic acids is 1. The molecule has 0 saturated carbocycles. The molecule has 1 aromatic heterocycles. The van der Waals surface area contributed by atoms with E-state index in [9.17, 15) is 4.79 Å². The van der Waals surface area contributed by atoms with E-state index < -0.39 is 0 Å². The molecule has 2 aliphatic heterocycles. The van der Waals surface area contributed by atoms with Crippen molar-refractivity contribution in [2.24, 2.45) is 0 Å². The standard InChI is InChI=1S/C16H18N2O2/c19-16-5-8-17(15-2-1-7-18(15)16)11-12-3-4-14-13(10-12)6-9-20-14/h3-4,6,9-10,15H,1-2,5,7-8,11H2. The van der Waals surface area contributed by atoms with Crippen LogP contribution in [0, 0.1) is 0 Å². The summed E-state index contributed by atoms with van der Waals surface area (Å²) in [6.45, 7) is 2.72. The average Bonchev–Trinajstić information content (AvgIpc) is 3.10. The summed E-state index contributed by atoms with van der Waals surface area (Å²) in [5.74, 6) is 0.328. The highest BCUT2D eigenvalue weighted by Crippen LogP contribution is 2.28. The Morgan fingerprint density at radius 1 is 1.25 bits per heavy atom. The maximum Gasteiger partial charge on any atom is 0.225 e. The second-order valence-electron chi connectivity index (χ2n) is 5.72. The molecule has 2 fully saturated rings. The fourth-order valence-corrected chi connectivity index (χ4v) is 3.48. The monoisotopic (exact) mass is 270 g/mol. The highest BCUT2D eigenvalue weighted by molar-refractivity contribution is 5.78. The number of amides is 1. The molecule has 1 unspecified atom stereocenters. The molecule has 20 heavy (non-hydrogen) atoms. The Bertz CT molecular complexity index is 649. The van der Waals surface area contributed by atoms with E-state index in [-0.39, 0.29) is 0 Å². The molecular formula is C16H18N2O2. The van der Waals surface area contributed by atoms with Gasteiger partial charge in [0.1, 0.15) is 5.58 Å². The molecular weight excluding hydrogens is 252 g/mol. The van der Waals surface area contributed by atoms with Crippen LogP contribution >= 0.6 is 0 Å². The zero-order valence-corrected chi connectivity index (χ0v) is 11.4. The van der Waals surface area contributed by atoms with E-state index in [1.165, 1.54) is 5.56 Å². The zero-order valence-electron chi connectivity index (χ0n) is 11.4. The quantitative estimate of drug-likeness (QED) is 0.841. The van der Waals surface area contributed by atoms with Gasteiger partial charge in [-0.05, 0) is 36.6 Å². The van der Waals surface area contributed by atoms with Gasteiger partial charge in [0.05, 0.1) is 12.4 Å². The summed E-state index contributed by atoms with van der Waals surface area (Å²) in [4.78, 5) is 16.4. The Morgan fingerprint density at radius 2 is 2.20 bits per heavy atom. The minimum atomic E-state index is 0.316. The Labute approximate surface area is 117 Å². The molecule has 1 aromatic carbocycles. The molecule has 4 rings (SSSR count). The Morgan fingerprint density at radius 3 is 3.15 bits per heavy atom. The van der Waals surface area contributed by atoms with E-state index in [1.807, 2.05) is 12.1 Å². The van der Waals surface area contributed by atoms with Crippen molar-refractivity contribution in [3.8, 4) is 0 Å². The van der Waals surface area contributed by atoms with Gasteiger partial charge in [0, 0.05) is 31.4 Å². The van der Waals surface area contributed by atoms with E-state index in [4.69, 9.17) is 4.42 Å². The van der Waals surface area contributed by atoms with Crippen molar-refractivity contribution < 1.29 is 9.21 Å². The summed E-state index contributed by atoms with van der Waals surface area (Å²) >= 11 is 0. The predicted molar refractivity (Wildman–Crippen MR) is 76.0 cm³/mol. The minimum absolute atomic E-state index is 0.316. The van der Waals surface area contributed by atoms with E-state index in [1.54, 1.807) is 6.26 Å². The average molecular weight is 270 g/mol. The second-order valence-corrected chi connectivity index (χ2v) is 5.72. The molecule has 0 radical (unpaired) electrons. The highest BCUT2D eigenvalue weighted by Gasteiger charge is 2.36. The van der Waals surface area contributed by atoms with Crippen LogP contribution in [0.4, 0.5) is 0 Å². The number of hydrogen-bond acceptors (Lipinski definition) is 3. The summed E-state index contributed by atoms with van der Waals surface area (Å²) in [6.07, 6.45) is 4.95. The first-order valence-electron chi connectivity index (χ1n) is 7.31. The van der Waals surface area contributed by atoms with Crippen molar-refractivity contribution in [2.75, 3.05) is 13.1 Å². The van der Waals surface area contributed by atoms with E-state index in [0.29, 0.717) is 18.5 Å². The lowest BCUT2D eigenvalue weighted by molar-refractivity contribution is -0.141. The van der Waals surface area contributed by atoms with Gasteiger partial charge in [-0.25, -0.2) is 0 Å². The zero-order chi connectivity index (χ0) is 13.5. The number of hydrogen-bond donors (Lipinski definition) is 0. The Balaban J connectivity index is 1.57. The van der Waals surface area contributed by atoms with Crippen LogP contribution in [0.2, 0.25) is 0 Å². The van der Waals surface area contributed by atoms with Crippen LogP contribution < -0.4 is 0 Å². The van der Waals surface area contributed by atoms with Gasteiger partial charge in [-0.1, -0.05) is 6.07 Å². The molecule has 2 aromatic rings. The van der Waals surface area contributed by atoms with Crippen molar-refractivity contribution >= 4 is 16.9 Å².